The molecule has 7 rings (SSSR count). The molecule has 3 aliphatic carbocycles. The van der Waals surface area contributed by atoms with Crippen LogP contribution in [0.5, 0.6) is 11.5 Å². The summed E-state index contributed by atoms with van der Waals surface area (Å²) < 4.78 is 11.7. The number of hydrogen-bond acceptors (Lipinski definition) is 6. The molecule has 2 aliphatic heterocycles. The van der Waals surface area contributed by atoms with E-state index in [1.54, 1.807) is 35.6 Å². The van der Waals surface area contributed by atoms with Crippen molar-refractivity contribution >= 4 is 12.0 Å². The van der Waals surface area contributed by atoms with Crippen LogP contribution in [0.2, 0.25) is 0 Å². The van der Waals surface area contributed by atoms with Gasteiger partial charge >= 0.3 is 0 Å². The highest BCUT2D eigenvalue weighted by Gasteiger charge is 2.75. The van der Waals surface area contributed by atoms with Crippen LogP contribution in [-0.2, 0) is 16.6 Å². The number of likely N-dealkylation sites (tertiary alicyclic amines) is 1. The molecule has 3 fully saturated rings. The Morgan fingerprint density at radius 1 is 1.31 bits per heavy atom. The van der Waals surface area contributed by atoms with Crippen molar-refractivity contribution in [2.45, 2.75) is 68.2 Å². The van der Waals surface area contributed by atoms with E-state index < -0.39 is 17.1 Å². The Morgan fingerprint density at radius 3 is 2.89 bits per heavy atom. The number of likely N-dealkylation sites (N-methyl/N-ethyl adjacent to an activating group) is 1. The highest BCUT2D eigenvalue weighted by Crippen LogP contribution is 2.67. The predicted molar refractivity (Wildman–Crippen MR) is 134 cm³/mol. The van der Waals surface area contributed by atoms with E-state index in [9.17, 15) is 15.0 Å². The van der Waals surface area contributed by atoms with Gasteiger partial charge in [-0.3, -0.25) is 9.69 Å². The van der Waals surface area contributed by atoms with Gasteiger partial charge in [0.15, 0.2) is 11.5 Å². The maximum absolute atomic E-state index is 13.3. The first kappa shape index (κ1) is 22.4. The Bertz CT molecular complexity index is 1240. The number of carbonyl (C=O) groups is 1. The van der Waals surface area contributed by atoms with Crippen LogP contribution >= 0.6 is 0 Å². The summed E-state index contributed by atoms with van der Waals surface area (Å²) in [6, 6.07) is 5.35. The second kappa shape index (κ2) is 7.62. The maximum Gasteiger partial charge on any atom is 0.246 e. The van der Waals surface area contributed by atoms with Crippen molar-refractivity contribution in [2.24, 2.45) is 11.8 Å². The molecule has 3 heterocycles. The van der Waals surface area contributed by atoms with Gasteiger partial charge in [0.2, 0.25) is 5.91 Å². The fourth-order valence-corrected chi connectivity index (χ4v) is 8.07. The van der Waals surface area contributed by atoms with Gasteiger partial charge in [-0.2, -0.15) is 0 Å². The predicted octanol–water partition coefficient (Wildman–Crippen LogP) is 3.34. The molecule has 1 aromatic heterocycles. The monoisotopic (exact) mass is 490 g/mol. The van der Waals surface area contributed by atoms with Crippen molar-refractivity contribution in [3.05, 3.63) is 53.5 Å². The number of phenols is 1. The van der Waals surface area contributed by atoms with Gasteiger partial charge in [-0.1, -0.05) is 13.0 Å². The molecule has 2 bridgehead atoms. The molecule has 1 aromatic carbocycles. The molecule has 5 aliphatic rings. The lowest BCUT2D eigenvalue weighted by atomic mass is 9.45. The maximum atomic E-state index is 13.3. The number of phenolic OH excluding ortho intramolecular Hbond substituents is 1. The van der Waals surface area contributed by atoms with Crippen LogP contribution in [0.25, 0.3) is 6.08 Å². The molecule has 1 spiro atoms. The van der Waals surface area contributed by atoms with Crippen LogP contribution in [-0.4, -0.2) is 69.8 Å². The molecule has 0 radical (unpaired) electrons. The first-order valence-corrected chi connectivity index (χ1v) is 13.3. The number of aromatic hydroxyl groups is 1. The van der Waals surface area contributed by atoms with Gasteiger partial charge in [0.1, 0.15) is 6.10 Å². The summed E-state index contributed by atoms with van der Waals surface area (Å²) in [5.41, 5.74) is 1.36. The van der Waals surface area contributed by atoms with E-state index in [-0.39, 0.29) is 29.7 Å². The number of benzene rings is 1. The van der Waals surface area contributed by atoms with Crippen molar-refractivity contribution in [3.63, 3.8) is 0 Å². The molecule has 2 saturated carbocycles. The smallest absolute Gasteiger partial charge is 0.246 e. The van der Waals surface area contributed by atoms with Gasteiger partial charge in [-0.15, -0.1) is 0 Å². The number of rotatable bonds is 5. The molecular formula is C29H34N2O5. The Labute approximate surface area is 211 Å². The Balaban J connectivity index is 1.31. The summed E-state index contributed by atoms with van der Waals surface area (Å²) in [4.78, 5) is 17.6. The largest absolute Gasteiger partial charge is 0.504 e. The van der Waals surface area contributed by atoms with E-state index in [2.05, 4.69) is 11.8 Å². The second-order valence-electron chi connectivity index (χ2n) is 11.7. The quantitative estimate of drug-likeness (QED) is 0.626. The number of nitrogens with zero attached hydrogens (tertiary/aromatic N) is 2. The average molecular weight is 491 g/mol. The summed E-state index contributed by atoms with van der Waals surface area (Å²) >= 11 is 0. The van der Waals surface area contributed by atoms with E-state index in [4.69, 9.17) is 9.15 Å². The Morgan fingerprint density at radius 2 is 2.14 bits per heavy atom. The first-order valence-electron chi connectivity index (χ1n) is 13.3. The minimum absolute atomic E-state index is 0.0129. The zero-order valence-corrected chi connectivity index (χ0v) is 20.9. The van der Waals surface area contributed by atoms with Crippen molar-refractivity contribution in [1.29, 1.82) is 0 Å². The van der Waals surface area contributed by atoms with E-state index >= 15 is 0 Å². The molecule has 190 valence electrons. The molecule has 7 nitrogen and oxygen atoms in total. The number of furan rings is 1. The topological polar surface area (TPSA) is 86.4 Å². The van der Waals surface area contributed by atoms with E-state index in [1.807, 2.05) is 19.2 Å². The van der Waals surface area contributed by atoms with Gasteiger partial charge in [-0.25, -0.2) is 0 Å². The minimum atomic E-state index is -0.982. The average Bonchev–Trinajstić information content (AvgIpc) is 3.38. The number of carbonyl (C=O) groups excluding carboxylic acids is 1. The molecular weight excluding hydrogens is 456 g/mol. The van der Waals surface area contributed by atoms with E-state index in [1.165, 1.54) is 18.4 Å². The normalized spacial score (nSPS) is 36.5. The van der Waals surface area contributed by atoms with E-state index in [0.29, 0.717) is 12.2 Å². The number of piperidine rings is 1. The van der Waals surface area contributed by atoms with Crippen LogP contribution in [0.3, 0.4) is 0 Å². The summed E-state index contributed by atoms with van der Waals surface area (Å²) in [6.45, 7) is 4.08. The summed E-state index contributed by atoms with van der Waals surface area (Å²) in [5.74, 6) is 1.23. The lowest BCUT2D eigenvalue weighted by Gasteiger charge is -2.67. The lowest BCUT2D eigenvalue weighted by Crippen LogP contribution is -2.80. The van der Waals surface area contributed by atoms with E-state index in [0.717, 1.165) is 43.0 Å². The van der Waals surface area contributed by atoms with Gasteiger partial charge in [0.25, 0.3) is 0 Å². The molecule has 0 unspecified atom stereocenters. The zero-order chi connectivity index (χ0) is 24.8. The molecule has 1 saturated heterocycles. The van der Waals surface area contributed by atoms with Crippen molar-refractivity contribution in [1.82, 2.24) is 9.80 Å². The van der Waals surface area contributed by atoms with Gasteiger partial charge in [-0.05, 0) is 74.3 Å². The standard InChI is InChI=1S/C29H34N2O5/c1-17-13-21(30(2)24(33)8-5-19-9-12-35-16-19)27-28-10-11-31(15-18-3-4-18)23(29(17,28)34)14-20-6-7-22(32)26(36-27)25(20)28/h5-9,12,16-18,21,23,27,32,34H,3-4,10-11,13-15H2,1-2H3/b8-5+/t17-,21-,23+,27-,28-,29+/m0/s1. The number of aliphatic hydroxyl groups is 1. The van der Waals surface area contributed by atoms with Gasteiger partial charge in [0, 0.05) is 36.8 Å². The number of ether oxygens (including phenoxy) is 1. The summed E-state index contributed by atoms with van der Waals surface area (Å²) in [7, 11) is 1.83. The third kappa shape index (κ3) is 2.84. The lowest BCUT2D eigenvalue weighted by molar-refractivity contribution is -0.224. The second-order valence-corrected chi connectivity index (χ2v) is 11.7. The third-order valence-corrected chi connectivity index (χ3v) is 9.96. The Hall–Kier alpha value is -2.77. The molecule has 1 amide bonds. The highest BCUT2D eigenvalue weighted by atomic mass is 16.5. The summed E-state index contributed by atoms with van der Waals surface area (Å²) in [5, 5.41) is 23.7. The van der Waals surface area contributed by atoms with Gasteiger partial charge in [0.05, 0.1) is 29.6 Å². The van der Waals surface area contributed by atoms with Crippen molar-refractivity contribution in [2.75, 3.05) is 20.1 Å². The van der Waals surface area contributed by atoms with Crippen LogP contribution in [0.1, 0.15) is 49.3 Å². The van der Waals surface area contributed by atoms with Crippen LogP contribution < -0.4 is 4.74 Å². The minimum Gasteiger partial charge on any atom is -0.504 e. The number of hydrogen-bond donors (Lipinski definition) is 2. The van der Waals surface area contributed by atoms with Crippen molar-refractivity contribution in [3.8, 4) is 11.5 Å². The van der Waals surface area contributed by atoms with Crippen molar-refractivity contribution < 1.29 is 24.2 Å². The summed E-state index contributed by atoms with van der Waals surface area (Å²) in [6.07, 6.45) is 10.8. The molecule has 6 atom stereocenters. The number of amides is 1. The zero-order valence-electron chi connectivity index (χ0n) is 20.9. The van der Waals surface area contributed by atoms with Crippen LogP contribution in [0.15, 0.2) is 41.2 Å². The fraction of sp³-hybridized carbons (Fsp3) is 0.552. The molecule has 2 aromatic rings. The SMILES string of the molecule is C[C@H]1C[C@H](N(C)C(=O)/C=C/c2ccoc2)[C@@H]2Oc3c(O)ccc4c3[C@@]23CCN(CC2CC2)[C@H](C4)[C@]13O. The van der Waals surface area contributed by atoms with Crippen LogP contribution in [0.4, 0.5) is 0 Å². The fourth-order valence-electron chi connectivity index (χ4n) is 8.07. The third-order valence-electron chi connectivity index (χ3n) is 9.96. The Kier molecular flexibility index (Phi) is 4.75. The molecule has 36 heavy (non-hydrogen) atoms. The highest BCUT2D eigenvalue weighted by molar-refractivity contribution is 5.92. The van der Waals surface area contributed by atoms with Crippen LogP contribution in [0, 0.1) is 11.8 Å². The van der Waals surface area contributed by atoms with Gasteiger partial charge < -0.3 is 24.3 Å². The molecule has 7 heteroatoms. The first-order chi connectivity index (χ1) is 17.3. The molecule has 2 N–H and O–H groups in total.